The molecular weight excluding hydrogens is 288 g/mol. The second-order valence-corrected chi connectivity index (χ2v) is 5.31. The number of carbonyl (C=O) groups is 2. The van der Waals surface area contributed by atoms with Crippen LogP contribution in [0, 0.1) is 18.3 Å². The van der Waals surface area contributed by atoms with Crippen molar-refractivity contribution in [3.63, 3.8) is 0 Å². The van der Waals surface area contributed by atoms with Gasteiger partial charge >= 0.3 is 5.97 Å². The zero-order valence-corrected chi connectivity index (χ0v) is 12.3. The van der Waals surface area contributed by atoms with Gasteiger partial charge in [-0.15, -0.1) is 11.3 Å². The van der Waals surface area contributed by atoms with Crippen molar-refractivity contribution in [3.8, 4) is 6.07 Å². The maximum atomic E-state index is 12.1. The Hall–Kier alpha value is -2.65. The Balaban J connectivity index is 2.16. The Bertz CT molecular complexity index is 726. The average molecular weight is 300 g/mol. The van der Waals surface area contributed by atoms with E-state index in [1.807, 2.05) is 6.07 Å². The second-order valence-electron chi connectivity index (χ2n) is 4.26. The van der Waals surface area contributed by atoms with Crippen molar-refractivity contribution in [1.82, 2.24) is 0 Å². The molecule has 1 N–H and O–H groups in total. The van der Waals surface area contributed by atoms with Crippen LogP contribution in [0.25, 0.3) is 0 Å². The molecule has 1 heterocycles. The molecule has 106 valence electrons. The number of thiophene rings is 1. The molecule has 2 rings (SSSR count). The third-order valence-corrected chi connectivity index (χ3v) is 3.93. The number of hydrogen-bond donors (Lipinski definition) is 1. The van der Waals surface area contributed by atoms with Gasteiger partial charge in [0.2, 0.25) is 0 Å². The highest BCUT2D eigenvalue weighted by Crippen LogP contribution is 2.27. The van der Waals surface area contributed by atoms with Crippen LogP contribution in [0.3, 0.4) is 0 Å². The van der Waals surface area contributed by atoms with E-state index in [2.05, 4.69) is 10.1 Å². The van der Waals surface area contributed by atoms with E-state index < -0.39 is 5.97 Å². The number of nitrogens with zero attached hydrogens (tertiary/aromatic N) is 1. The molecule has 0 saturated heterocycles. The molecule has 0 spiro atoms. The number of anilines is 1. The lowest BCUT2D eigenvalue weighted by Crippen LogP contribution is -2.10. The molecule has 0 fully saturated rings. The van der Waals surface area contributed by atoms with Crippen molar-refractivity contribution in [2.75, 3.05) is 12.4 Å². The van der Waals surface area contributed by atoms with E-state index in [-0.39, 0.29) is 5.91 Å². The summed E-state index contributed by atoms with van der Waals surface area (Å²) in [6, 6.07) is 10.0. The molecule has 6 heteroatoms. The van der Waals surface area contributed by atoms with Crippen LogP contribution in [0.2, 0.25) is 0 Å². The highest BCUT2D eigenvalue weighted by atomic mass is 32.1. The van der Waals surface area contributed by atoms with Gasteiger partial charge < -0.3 is 10.1 Å². The predicted molar refractivity (Wildman–Crippen MR) is 79.5 cm³/mol. The molecule has 0 aliphatic carbocycles. The van der Waals surface area contributed by atoms with E-state index in [0.29, 0.717) is 21.0 Å². The number of carbonyl (C=O) groups excluding carboxylic acids is 2. The molecule has 21 heavy (non-hydrogen) atoms. The van der Waals surface area contributed by atoms with Crippen molar-refractivity contribution in [1.29, 1.82) is 5.26 Å². The van der Waals surface area contributed by atoms with Crippen molar-refractivity contribution in [2.45, 2.75) is 6.92 Å². The Morgan fingerprint density at radius 2 is 1.95 bits per heavy atom. The summed E-state index contributed by atoms with van der Waals surface area (Å²) in [5, 5.41) is 12.0. The summed E-state index contributed by atoms with van der Waals surface area (Å²) in [6.45, 7) is 1.78. The summed E-state index contributed by atoms with van der Waals surface area (Å²) in [5.41, 5.74) is 1.69. The molecule has 0 radical (unpaired) electrons. The molecule has 1 aromatic carbocycles. The maximum absolute atomic E-state index is 12.1. The number of rotatable bonds is 3. The fourth-order valence-corrected chi connectivity index (χ4v) is 2.71. The van der Waals surface area contributed by atoms with Gasteiger partial charge in [-0.25, -0.2) is 4.79 Å². The van der Waals surface area contributed by atoms with Crippen LogP contribution >= 0.6 is 11.3 Å². The van der Waals surface area contributed by atoms with Gasteiger partial charge in [0.25, 0.3) is 5.91 Å². The van der Waals surface area contributed by atoms with Crippen LogP contribution in [-0.4, -0.2) is 19.0 Å². The molecule has 0 unspecified atom stereocenters. The van der Waals surface area contributed by atoms with Gasteiger partial charge in [0.15, 0.2) is 0 Å². The van der Waals surface area contributed by atoms with Crippen molar-refractivity contribution in [2.24, 2.45) is 0 Å². The highest BCUT2D eigenvalue weighted by molar-refractivity contribution is 7.18. The lowest BCUT2D eigenvalue weighted by atomic mass is 10.1. The van der Waals surface area contributed by atoms with Gasteiger partial charge in [-0.3, -0.25) is 4.79 Å². The average Bonchev–Trinajstić information content (AvgIpc) is 2.87. The fourth-order valence-electron chi connectivity index (χ4n) is 1.72. The molecule has 5 nitrogen and oxygen atoms in total. The van der Waals surface area contributed by atoms with Crippen LogP contribution in [0.5, 0.6) is 0 Å². The smallest absolute Gasteiger partial charge is 0.348 e. The summed E-state index contributed by atoms with van der Waals surface area (Å²) in [5.74, 6) is -0.714. The SMILES string of the molecule is COC(=O)c1sc(NC(=O)c2ccc(C#N)cc2)cc1C. The van der Waals surface area contributed by atoms with Crippen LogP contribution in [-0.2, 0) is 4.74 Å². The monoisotopic (exact) mass is 300 g/mol. The van der Waals surface area contributed by atoms with E-state index in [4.69, 9.17) is 5.26 Å². The molecule has 1 aromatic heterocycles. The molecule has 2 aromatic rings. The number of nitrogens with one attached hydrogen (secondary N) is 1. The summed E-state index contributed by atoms with van der Waals surface area (Å²) >= 11 is 1.16. The zero-order valence-electron chi connectivity index (χ0n) is 11.5. The molecule has 0 aliphatic heterocycles. The normalized spacial score (nSPS) is 9.76. The third-order valence-electron chi connectivity index (χ3n) is 2.80. The van der Waals surface area contributed by atoms with Gasteiger partial charge in [0.05, 0.1) is 23.7 Å². The summed E-state index contributed by atoms with van der Waals surface area (Å²) in [6.07, 6.45) is 0. The topological polar surface area (TPSA) is 79.2 Å². The minimum absolute atomic E-state index is 0.294. The number of nitriles is 1. The third kappa shape index (κ3) is 3.27. The van der Waals surface area contributed by atoms with Gasteiger partial charge in [0, 0.05) is 5.56 Å². The first-order valence-corrected chi connectivity index (χ1v) is 6.87. The lowest BCUT2D eigenvalue weighted by Gasteiger charge is -2.02. The zero-order chi connectivity index (χ0) is 15.4. The molecule has 0 saturated carbocycles. The van der Waals surface area contributed by atoms with E-state index in [1.165, 1.54) is 7.11 Å². The van der Waals surface area contributed by atoms with E-state index >= 15 is 0 Å². The lowest BCUT2D eigenvalue weighted by molar-refractivity contribution is 0.0605. The minimum Gasteiger partial charge on any atom is -0.465 e. The number of hydrogen-bond acceptors (Lipinski definition) is 5. The number of methoxy groups -OCH3 is 1. The summed E-state index contributed by atoms with van der Waals surface area (Å²) < 4.78 is 4.67. The van der Waals surface area contributed by atoms with E-state index in [1.54, 1.807) is 37.3 Å². The molecule has 0 aliphatic rings. The minimum atomic E-state index is -0.420. The highest BCUT2D eigenvalue weighted by Gasteiger charge is 2.15. The van der Waals surface area contributed by atoms with Crippen LogP contribution in [0.4, 0.5) is 5.00 Å². The van der Waals surface area contributed by atoms with Crippen LogP contribution in [0.15, 0.2) is 30.3 Å². The number of aryl methyl sites for hydroxylation is 1. The Morgan fingerprint density at radius 1 is 1.29 bits per heavy atom. The Kier molecular flexibility index (Phi) is 4.36. The summed E-state index contributed by atoms with van der Waals surface area (Å²) in [7, 11) is 1.32. The largest absolute Gasteiger partial charge is 0.465 e. The van der Waals surface area contributed by atoms with Gasteiger partial charge in [-0.05, 0) is 42.8 Å². The second kappa shape index (κ2) is 6.20. The standard InChI is InChI=1S/C15H12N2O3S/c1-9-7-12(21-13(9)15(19)20-2)17-14(18)11-5-3-10(8-16)4-6-11/h3-7H,1-2H3,(H,17,18). The van der Waals surface area contributed by atoms with Crippen molar-refractivity contribution >= 4 is 28.2 Å². The van der Waals surface area contributed by atoms with Crippen LogP contribution in [0.1, 0.15) is 31.2 Å². The predicted octanol–water partition coefficient (Wildman–Crippen LogP) is 2.97. The number of ether oxygens (including phenoxy) is 1. The van der Waals surface area contributed by atoms with Crippen molar-refractivity contribution < 1.29 is 14.3 Å². The van der Waals surface area contributed by atoms with Crippen LogP contribution < -0.4 is 5.32 Å². The van der Waals surface area contributed by atoms with E-state index in [9.17, 15) is 9.59 Å². The number of benzene rings is 1. The first kappa shape index (κ1) is 14.8. The number of amides is 1. The maximum Gasteiger partial charge on any atom is 0.348 e. The molecule has 0 atom stereocenters. The summed E-state index contributed by atoms with van der Waals surface area (Å²) in [4.78, 5) is 24.1. The number of esters is 1. The van der Waals surface area contributed by atoms with E-state index in [0.717, 1.165) is 16.9 Å². The fraction of sp³-hybridized carbons (Fsp3) is 0.133. The Labute approximate surface area is 125 Å². The molecule has 0 bridgehead atoms. The first-order chi connectivity index (χ1) is 10.0. The van der Waals surface area contributed by atoms with Crippen molar-refractivity contribution in [3.05, 3.63) is 51.9 Å². The molecular formula is C15H12N2O3S. The van der Waals surface area contributed by atoms with Gasteiger partial charge in [0.1, 0.15) is 4.88 Å². The molecule has 1 amide bonds. The Morgan fingerprint density at radius 3 is 2.52 bits per heavy atom. The van der Waals surface area contributed by atoms with Gasteiger partial charge in [-0.2, -0.15) is 5.26 Å². The quantitative estimate of drug-likeness (QED) is 0.884. The first-order valence-electron chi connectivity index (χ1n) is 6.05. The van der Waals surface area contributed by atoms with Gasteiger partial charge in [-0.1, -0.05) is 0 Å².